The van der Waals surface area contributed by atoms with Crippen molar-refractivity contribution in [2.24, 2.45) is 0 Å². The summed E-state index contributed by atoms with van der Waals surface area (Å²) in [6.45, 7) is 1.76. The van der Waals surface area contributed by atoms with Crippen LogP contribution in [-0.2, 0) is 19.4 Å². The zero-order valence-corrected chi connectivity index (χ0v) is 11.8. The predicted molar refractivity (Wildman–Crippen MR) is 68.0 cm³/mol. The molecule has 17 heavy (non-hydrogen) atoms. The van der Waals surface area contributed by atoms with Gasteiger partial charge < -0.3 is 4.74 Å². The fourth-order valence-electron chi connectivity index (χ4n) is 1.17. The number of sulfone groups is 1. The molecule has 0 radical (unpaired) electrons. The van der Waals surface area contributed by atoms with Crippen LogP contribution in [-0.4, -0.2) is 32.1 Å². The lowest BCUT2D eigenvalue weighted by atomic mass is 10.2. The maximum absolute atomic E-state index is 11.8. The molecule has 0 aromatic heterocycles. The number of hydrogen-bond acceptors (Lipinski definition) is 4. The van der Waals surface area contributed by atoms with E-state index < -0.39 is 15.8 Å². The summed E-state index contributed by atoms with van der Waals surface area (Å²) in [7, 11) is -3.37. The second-order valence-corrected chi connectivity index (χ2v) is 6.16. The predicted octanol–water partition coefficient (Wildman–Crippen LogP) is 1.71. The molecule has 0 aliphatic carbocycles. The number of esters is 1. The Balaban J connectivity index is 2.63. The number of rotatable bonds is 5. The van der Waals surface area contributed by atoms with Crippen LogP contribution in [0.4, 0.5) is 0 Å². The molecule has 6 heteroatoms. The standard InChI is InChI=1S/C11H13BrO4S/c1-9-2-4-10(5-3-9)17(14,15)7-6-16-11(13)8-12/h2-5H,6-8H2,1H3. The zero-order valence-electron chi connectivity index (χ0n) is 9.35. The molecule has 1 aromatic rings. The molecule has 0 saturated heterocycles. The van der Waals surface area contributed by atoms with Crippen LogP contribution in [0.1, 0.15) is 5.56 Å². The van der Waals surface area contributed by atoms with Gasteiger partial charge in [0, 0.05) is 0 Å². The highest BCUT2D eigenvalue weighted by atomic mass is 79.9. The Hall–Kier alpha value is -0.880. The maximum atomic E-state index is 11.8. The summed E-state index contributed by atoms with van der Waals surface area (Å²) in [6, 6.07) is 6.57. The summed E-state index contributed by atoms with van der Waals surface area (Å²) in [4.78, 5) is 11.1. The first kappa shape index (κ1) is 14.2. The summed E-state index contributed by atoms with van der Waals surface area (Å²) in [6.07, 6.45) is 0. The van der Waals surface area contributed by atoms with Crippen molar-refractivity contribution in [2.45, 2.75) is 11.8 Å². The number of halogens is 1. The number of carbonyl (C=O) groups excluding carboxylic acids is 1. The van der Waals surface area contributed by atoms with Crippen LogP contribution in [0.3, 0.4) is 0 Å². The summed E-state index contributed by atoms with van der Waals surface area (Å²) < 4.78 is 28.3. The first-order valence-corrected chi connectivity index (χ1v) is 7.74. The molecular formula is C11H13BrO4S. The van der Waals surface area contributed by atoms with Gasteiger partial charge in [-0.1, -0.05) is 33.6 Å². The lowest BCUT2D eigenvalue weighted by molar-refractivity contribution is -0.139. The molecule has 0 spiro atoms. The van der Waals surface area contributed by atoms with Gasteiger partial charge in [-0.2, -0.15) is 0 Å². The molecule has 0 N–H and O–H groups in total. The van der Waals surface area contributed by atoms with Crippen LogP contribution in [0.2, 0.25) is 0 Å². The lowest BCUT2D eigenvalue weighted by Gasteiger charge is -2.05. The summed E-state index contributed by atoms with van der Waals surface area (Å²) in [5.41, 5.74) is 0.995. The lowest BCUT2D eigenvalue weighted by Crippen LogP contribution is -2.16. The molecule has 1 aromatic carbocycles. The SMILES string of the molecule is Cc1ccc(S(=O)(=O)CCOC(=O)CBr)cc1. The Morgan fingerprint density at radius 1 is 1.29 bits per heavy atom. The molecule has 1 rings (SSSR count). The Labute approximate surface area is 109 Å². The highest BCUT2D eigenvalue weighted by Gasteiger charge is 2.14. The normalized spacial score (nSPS) is 11.2. The Kier molecular flexibility index (Phi) is 5.14. The molecule has 0 heterocycles. The van der Waals surface area contributed by atoms with E-state index in [-0.39, 0.29) is 22.6 Å². The van der Waals surface area contributed by atoms with Gasteiger partial charge >= 0.3 is 5.97 Å². The van der Waals surface area contributed by atoms with Crippen LogP contribution in [0.15, 0.2) is 29.2 Å². The minimum absolute atomic E-state index is 0.0670. The van der Waals surface area contributed by atoms with Gasteiger partial charge in [0.15, 0.2) is 9.84 Å². The van der Waals surface area contributed by atoms with Crippen molar-refractivity contribution in [3.8, 4) is 0 Å². The van der Waals surface area contributed by atoms with E-state index in [1.165, 1.54) is 0 Å². The molecule has 0 saturated carbocycles. The average molecular weight is 321 g/mol. The summed E-state index contributed by atoms with van der Waals surface area (Å²) >= 11 is 2.92. The first-order valence-electron chi connectivity index (χ1n) is 4.97. The van der Waals surface area contributed by atoms with E-state index in [0.717, 1.165) is 5.56 Å². The van der Waals surface area contributed by atoms with E-state index in [9.17, 15) is 13.2 Å². The smallest absolute Gasteiger partial charge is 0.316 e. The Bertz CT molecular complexity index is 479. The Morgan fingerprint density at radius 2 is 1.88 bits per heavy atom. The molecule has 0 amide bonds. The van der Waals surface area contributed by atoms with Gasteiger partial charge in [-0.25, -0.2) is 8.42 Å². The van der Waals surface area contributed by atoms with E-state index in [1.807, 2.05) is 6.92 Å². The van der Waals surface area contributed by atoms with Gasteiger partial charge in [-0.05, 0) is 19.1 Å². The fourth-order valence-corrected chi connectivity index (χ4v) is 2.42. The molecular weight excluding hydrogens is 308 g/mol. The van der Waals surface area contributed by atoms with E-state index in [0.29, 0.717) is 0 Å². The van der Waals surface area contributed by atoms with Gasteiger partial charge in [0.05, 0.1) is 10.6 Å². The van der Waals surface area contributed by atoms with Gasteiger partial charge in [-0.3, -0.25) is 4.79 Å². The van der Waals surface area contributed by atoms with Gasteiger partial charge in [0.25, 0.3) is 0 Å². The number of benzene rings is 1. The van der Waals surface area contributed by atoms with Crippen molar-refractivity contribution in [3.63, 3.8) is 0 Å². The van der Waals surface area contributed by atoms with Gasteiger partial charge in [0.2, 0.25) is 0 Å². The largest absolute Gasteiger partial charge is 0.464 e. The molecule has 4 nitrogen and oxygen atoms in total. The monoisotopic (exact) mass is 320 g/mol. The van der Waals surface area contributed by atoms with Crippen LogP contribution in [0.25, 0.3) is 0 Å². The number of carbonyl (C=O) groups is 1. The molecule has 94 valence electrons. The van der Waals surface area contributed by atoms with Crippen LogP contribution < -0.4 is 0 Å². The van der Waals surface area contributed by atoms with Gasteiger partial charge in [0.1, 0.15) is 11.9 Å². The summed E-state index contributed by atoms with van der Waals surface area (Å²) in [5, 5.41) is 0.0670. The van der Waals surface area contributed by atoms with E-state index in [4.69, 9.17) is 4.74 Å². The molecule has 0 atom stereocenters. The van der Waals surface area contributed by atoms with Crippen LogP contribution in [0, 0.1) is 6.92 Å². The second kappa shape index (κ2) is 6.16. The average Bonchev–Trinajstić information content (AvgIpc) is 2.29. The highest BCUT2D eigenvalue weighted by molar-refractivity contribution is 9.09. The van der Waals surface area contributed by atoms with E-state index in [1.54, 1.807) is 24.3 Å². The zero-order chi connectivity index (χ0) is 12.9. The van der Waals surface area contributed by atoms with Crippen molar-refractivity contribution in [3.05, 3.63) is 29.8 Å². The Morgan fingerprint density at radius 3 is 2.41 bits per heavy atom. The summed E-state index contributed by atoms with van der Waals surface area (Å²) in [5.74, 6) is -0.668. The minimum atomic E-state index is -3.37. The van der Waals surface area contributed by atoms with Crippen LogP contribution in [0.5, 0.6) is 0 Å². The molecule has 0 unspecified atom stereocenters. The third-order valence-electron chi connectivity index (χ3n) is 2.10. The minimum Gasteiger partial charge on any atom is -0.464 e. The molecule has 0 bridgehead atoms. The third kappa shape index (κ3) is 4.47. The van der Waals surface area contributed by atoms with E-state index in [2.05, 4.69) is 15.9 Å². The van der Waals surface area contributed by atoms with Gasteiger partial charge in [-0.15, -0.1) is 0 Å². The number of aryl methyl sites for hydroxylation is 1. The van der Waals surface area contributed by atoms with Crippen molar-refractivity contribution in [1.29, 1.82) is 0 Å². The van der Waals surface area contributed by atoms with Crippen molar-refractivity contribution < 1.29 is 17.9 Å². The maximum Gasteiger partial charge on any atom is 0.316 e. The number of hydrogen-bond donors (Lipinski definition) is 0. The number of ether oxygens (including phenoxy) is 1. The third-order valence-corrected chi connectivity index (χ3v) is 4.26. The fraction of sp³-hybridized carbons (Fsp3) is 0.364. The topological polar surface area (TPSA) is 60.4 Å². The highest BCUT2D eigenvalue weighted by Crippen LogP contribution is 2.11. The van der Waals surface area contributed by atoms with Crippen molar-refractivity contribution in [2.75, 3.05) is 17.7 Å². The molecule has 0 aliphatic rings. The molecule has 0 aliphatic heterocycles. The van der Waals surface area contributed by atoms with Crippen LogP contribution >= 0.6 is 15.9 Å². The first-order chi connectivity index (χ1) is 7.95. The van der Waals surface area contributed by atoms with Crippen molar-refractivity contribution in [1.82, 2.24) is 0 Å². The second-order valence-electron chi connectivity index (χ2n) is 3.49. The van der Waals surface area contributed by atoms with Crippen molar-refractivity contribution >= 4 is 31.7 Å². The quantitative estimate of drug-likeness (QED) is 0.612. The molecule has 0 fully saturated rings. The number of alkyl halides is 1. The van der Waals surface area contributed by atoms with E-state index >= 15 is 0 Å².